The molecule has 2 amide bonds. The summed E-state index contributed by atoms with van der Waals surface area (Å²) in [6.45, 7) is 11.3. The second-order valence-corrected chi connectivity index (χ2v) is 14.7. The summed E-state index contributed by atoms with van der Waals surface area (Å²) in [4.78, 5) is 50.2. The van der Waals surface area contributed by atoms with E-state index in [4.69, 9.17) is 14.5 Å². The number of anilines is 1. The van der Waals surface area contributed by atoms with Crippen molar-refractivity contribution in [1.29, 1.82) is 0 Å². The smallest absolute Gasteiger partial charge is 0.237 e. The second kappa shape index (κ2) is 15.7. The Morgan fingerprint density at radius 2 is 1.64 bits per heavy atom. The van der Waals surface area contributed by atoms with Crippen molar-refractivity contribution in [3.63, 3.8) is 0 Å². The molecule has 0 N–H and O–H groups in total. The molecule has 3 aliphatic rings. The van der Waals surface area contributed by atoms with Crippen molar-refractivity contribution in [3.05, 3.63) is 65.4 Å². The zero-order chi connectivity index (χ0) is 37.1. The lowest BCUT2D eigenvalue weighted by Crippen LogP contribution is -2.57. The molecule has 5 heterocycles. The molecule has 13 nitrogen and oxygen atoms in total. The summed E-state index contributed by atoms with van der Waals surface area (Å²) in [7, 11) is 3.87. The van der Waals surface area contributed by atoms with Crippen LogP contribution in [-0.2, 0) is 34.5 Å². The Bertz CT molecular complexity index is 1930. The summed E-state index contributed by atoms with van der Waals surface area (Å²) in [6, 6.07) is 10.3. The molecule has 7 rings (SSSR count). The van der Waals surface area contributed by atoms with Gasteiger partial charge in [-0.1, -0.05) is 13.0 Å². The van der Waals surface area contributed by atoms with Crippen molar-refractivity contribution in [1.82, 2.24) is 39.4 Å². The molecule has 4 aromatic rings. The van der Waals surface area contributed by atoms with Gasteiger partial charge in [-0.2, -0.15) is 5.10 Å². The van der Waals surface area contributed by atoms with E-state index in [2.05, 4.69) is 43.9 Å². The Morgan fingerprint density at radius 1 is 0.925 bits per heavy atom. The minimum atomic E-state index is -0.482. The number of likely N-dealkylation sites (N-methyl/N-ethyl adjacent to an activating group) is 1. The number of aryl methyl sites for hydroxylation is 1. The predicted molar refractivity (Wildman–Crippen MR) is 203 cm³/mol. The Hall–Kier alpha value is -4.78. The Morgan fingerprint density at radius 3 is 2.34 bits per heavy atom. The molecular formula is C40H53N9O4. The first-order chi connectivity index (χ1) is 25.7. The topological polar surface area (TPSA) is 122 Å². The number of aromatic nitrogens is 5. The number of nitrogens with zero attached hydrogens (tertiary/aromatic N) is 9. The first-order valence-corrected chi connectivity index (χ1v) is 19.3. The number of fused-ring (bicyclic) bond motifs is 3. The normalized spacial score (nSPS) is 20.3. The van der Waals surface area contributed by atoms with Gasteiger partial charge in [-0.25, -0.2) is 14.6 Å². The second-order valence-electron chi connectivity index (χ2n) is 14.7. The molecule has 1 aliphatic carbocycles. The number of carbonyl (C=O) groups is 2. The maximum atomic E-state index is 14.1. The largest absolute Gasteiger partial charge is 0.490 e. The third-order valence-corrected chi connectivity index (χ3v) is 11.1. The van der Waals surface area contributed by atoms with Gasteiger partial charge >= 0.3 is 0 Å². The fraction of sp³-hybridized carbons (Fsp3) is 0.550. The fourth-order valence-electron chi connectivity index (χ4n) is 8.58. The quantitative estimate of drug-likeness (QED) is 0.221. The highest BCUT2D eigenvalue weighted by atomic mass is 16.5. The third kappa shape index (κ3) is 7.27. The molecule has 2 aliphatic heterocycles. The lowest BCUT2D eigenvalue weighted by Gasteiger charge is -2.52. The van der Waals surface area contributed by atoms with E-state index in [0.717, 1.165) is 83.8 Å². The molecule has 1 spiro atoms. The first-order valence-electron chi connectivity index (χ1n) is 19.3. The van der Waals surface area contributed by atoms with E-state index in [-0.39, 0.29) is 17.7 Å². The molecule has 2 fully saturated rings. The number of rotatable bonds is 11. The Balaban J connectivity index is 1.04. The van der Waals surface area contributed by atoms with Crippen LogP contribution in [0.5, 0.6) is 11.5 Å². The van der Waals surface area contributed by atoms with Gasteiger partial charge in [0.15, 0.2) is 17.1 Å². The molecule has 1 saturated carbocycles. The third-order valence-electron chi connectivity index (χ3n) is 11.1. The molecule has 3 aromatic heterocycles. The summed E-state index contributed by atoms with van der Waals surface area (Å²) in [5, 5.41) is 5.56. The highest BCUT2D eigenvalue weighted by molar-refractivity contribution is 5.87. The molecule has 1 aromatic carbocycles. The van der Waals surface area contributed by atoms with Crippen molar-refractivity contribution in [2.75, 3.05) is 71.5 Å². The van der Waals surface area contributed by atoms with E-state index in [1.54, 1.807) is 6.33 Å². The Labute approximate surface area is 312 Å². The van der Waals surface area contributed by atoms with Crippen LogP contribution in [0.3, 0.4) is 0 Å². The molecule has 1 saturated heterocycles. The van der Waals surface area contributed by atoms with Crippen LogP contribution in [0.1, 0.15) is 69.0 Å². The highest BCUT2D eigenvalue weighted by Crippen LogP contribution is 2.50. The Kier molecular flexibility index (Phi) is 10.8. The lowest BCUT2D eigenvalue weighted by atomic mass is 9.68. The first kappa shape index (κ1) is 36.6. The monoisotopic (exact) mass is 723 g/mol. The maximum absolute atomic E-state index is 14.1. The van der Waals surface area contributed by atoms with E-state index in [0.29, 0.717) is 59.0 Å². The SMILES string of the molecule is CCOc1cc2c(cc1OCC)[C@]1(CC[C@@H](C(=O)N3CCN(c4ncnc5c4cnn5Cc4cccc(CC)n4)CC3)CC1)N(C(=O)CN(C)C)CC2. The lowest BCUT2D eigenvalue weighted by molar-refractivity contribution is -0.144. The van der Waals surface area contributed by atoms with Gasteiger partial charge in [-0.15, -0.1) is 0 Å². The molecule has 0 radical (unpaired) electrons. The fourth-order valence-corrected chi connectivity index (χ4v) is 8.58. The van der Waals surface area contributed by atoms with E-state index in [1.807, 2.05) is 66.8 Å². The standard InChI is InChI=1S/C40H53N9O4/c1-6-30-10-9-11-31(44-30)25-49-38-32(24-43-49)37(41-27-42-38)46-18-20-47(21-19-46)39(51)28-12-15-40(16-13-28)33-23-35(53-8-3)34(52-7-2)22-29(33)14-17-48(40)36(50)26-45(4)5/h9-11,22-24,27-28H,6-8,12-21,25-26H2,1-5H3/t28-,40-. The molecule has 0 atom stereocenters. The number of hydrogen-bond donors (Lipinski definition) is 0. The van der Waals surface area contributed by atoms with Crippen LogP contribution in [0.4, 0.5) is 5.82 Å². The number of amides is 2. The average Bonchev–Trinajstić information content (AvgIpc) is 3.58. The van der Waals surface area contributed by atoms with Gasteiger partial charge in [0.25, 0.3) is 0 Å². The summed E-state index contributed by atoms with van der Waals surface area (Å²) in [5.41, 5.74) is 4.65. The highest BCUT2D eigenvalue weighted by Gasteiger charge is 2.49. The van der Waals surface area contributed by atoms with Gasteiger partial charge in [0.2, 0.25) is 11.8 Å². The van der Waals surface area contributed by atoms with Crippen molar-refractivity contribution in [2.24, 2.45) is 5.92 Å². The van der Waals surface area contributed by atoms with Crippen LogP contribution < -0.4 is 14.4 Å². The van der Waals surface area contributed by atoms with Gasteiger partial charge in [-0.3, -0.25) is 14.6 Å². The zero-order valence-corrected chi connectivity index (χ0v) is 31.9. The van der Waals surface area contributed by atoms with E-state index in [1.165, 1.54) is 5.56 Å². The minimum Gasteiger partial charge on any atom is -0.490 e. The van der Waals surface area contributed by atoms with Gasteiger partial charge in [0.1, 0.15) is 12.1 Å². The average molecular weight is 724 g/mol. The van der Waals surface area contributed by atoms with Crippen molar-refractivity contribution < 1.29 is 19.1 Å². The van der Waals surface area contributed by atoms with Crippen LogP contribution in [0.2, 0.25) is 0 Å². The molecule has 0 unspecified atom stereocenters. The van der Waals surface area contributed by atoms with E-state index < -0.39 is 5.54 Å². The zero-order valence-electron chi connectivity index (χ0n) is 31.9. The van der Waals surface area contributed by atoms with Crippen molar-refractivity contribution in [2.45, 2.75) is 71.4 Å². The predicted octanol–water partition coefficient (Wildman–Crippen LogP) is 4.31. The van der Waals surface area contributed by atoms with Crippen LogP contribution in [-0.4, -0.2) is 118 Å². The molecule has 53 heavy (non-hydrogen) atoms. The number of benzene rings is 1. The number of hydrogen-bond acceptors (Lipinski definition) is 10. The van der Waals surface area contributed by atoms with Crippen LogP contribution in [0.15, 0.2) is 42.9 Å². The number of ether oxygens (including phenoxy) is 2. The minimum absolute atomic E-state index is 0.0822. The number of piperazine rings is 1. The maximum Gasteiger partial charge on any atom is 0.237 e. The van der Waals surface area contributed by atoms with E-state index in [9.17, 15) is 9.59 Å². The van der Waals surface area contributed by atoms with Crippen LogP contribution >= 0.6 is 0 Å². The summed E-state index contributed by atoms with van der Waals surface area (Å²) >= 11 is 0. The van der Waals surface area contributed by atoms with Crippen molar-refractivity contribution in [3.8, 4) is 11.5 Å². The van der Waals surface area contributed by atoms with Crippen molar-refractivity contribution >= 4 is 28.7 Å². The molecular weight excluding hydrogens is 670 g/mol. The number of pyridine rings is 1. The van der Waals surface area contributed by atoms with Gasteiger partial charge < -0.3 is 29.1 Å². The van der Waals surface area contributed by atoms with E-state index >= 15 is 0 Å². The summed E-state index contributed by atoms with van der Waals surface area (Å²) in [6.07, 6.45) is 8.01. The number of carbonyl (C=O) groups excluding carboxylic acids is 2. The van der Waals surface area contributed by atoms with Gasteiger partial charge in [0.05, 0.1) is 49.1 Å². The van der Waals surface area contributed by atoms with Crippen LogP contribution in [0, 0.1) is 5.92 Å². The molecule has 13 heteroatoms. The molecule has 0 bridgehead atoms. The van der Waals surface area contributed by atoms with Crippen LogP contribution in [0.25, 0.3) is 11.0 Å². The summed E-state index contributed by atoms with van der Waals surface area (Å²) in [5.74, 6) is 2.58. The van der Waals surface area contributed by atoms with Gasteiger partial charge in [-0.05, 0) is 102 Å². The molecule has 282 valence electrons. The van der Waals surface area contributed by atoms with Gasteiger partial charge in [0, 0.05) is 44.3 Å². The summed E-state index contributed by atoms with van der Waals surface area (Å²) < 4.78 is 13.9.